The summed E-state index contributed by atoms with van der Waals surface area (Å²) >= 11 is 6.81. The number of nitrogens with zero attached hydrogens (tertiary/aromatic N) is 1. The number of thiocarbonyl (C=S) groups is 1. The number of carbonyl (C=O) groups excluding carboxylic acids is 1. The third-order valence-electron chi connectivity index (χ3n) is 5.14. The molecular weight excluding hydrogens is 450 g/mol. The third-order valence-corrected chi connectivity index (χ3v) is 6.52. The van der Waals surface area contributed by atoms with E-state index in [0.29, 0.717) is 40.5 Å². The number of thioether (sulfide) groups is 1. The van der Waals surface area contributed by atoms with Gasteiger partial charge in [-0.15, -0.1) is 0 Å². The van der Waals surface area contributed by atoms with E-state index in [-0.39, 0.29) is 5.91 Å². The molecule has 0 spiro atoms. The molecule has 168 valence electrons. The van der Waals surface area contributed by atoms with Gasteiger partial charge in [-0.05, 0) is 48.7 Å². The number of benzene rings is 3. The molecule has 1 aliphatic rings. The maximum Gasteiger partial charge on any atom is 0.266 e. The summed E-state index contributed by atoms with van der Waals surface area (Å²) in [6, 6.07) is 23.8. The Bertz CT molecular complexity index is 1170. The summed E-state index contributed by atoms with van der Waals surface area (Å²) in [4.78, 5) is 15.3. The molecule has 0 aliphatic carbocycles. The Morgan fingerprint density at radius 2 is 1.70 bits per heavy atom. The van der Waals surface area contributed by atoms with Gasteiger partial charge in [-0.25, -0.2) is 0 Å². The molecule has 3 aromatic rings. The van der Waals surface area contributed by atoms with Gasteiger partial charge >= 0.3 is 0 Å². The number of amides is 1. The summed E-state index contributed by atoms with van der Waals surface area (Å²) in [6.07, 6.45) is 1.86. The van der Waals surface area contributed by atoms with Gasteiger partial charge in [0.15, 0.2) is 11.5 Å². The lowest BCUT2D eigenvalue weighted by atomic mass is 10.1. The summed E-state index contributed by atoms with van der Waals surface area (Å²) < 4.78 is 12.4. The van der Waals surface area contributed by atoms with Crippen LogP contribution in [0.2, 0.25) is 0 Å². The van der Waals surface area contributed by atoms with Crippen LogP contribution in [0, 0.1) is 6.92 Å². The molecule has 1 saturated heterocycles. The van der Waals surface area contributed by atoms with Crippen molar-refractivity contribution in [2.75, 3.05) is 6.61 Å². The van der Waals surface area contributed by atoms with Gasteiger partial charge in [0.1, 0.15) is 10.9 Å². The molecule has 0 aromatic heterocycles. The van der Waals surface area contributed by atoms with Gasteiger partial charge in [-0.3, -0.25) is 9.69 Å². The Balaban J connectivity index is 1.50. The fourth-order valence-electron chi connectivity index (χ4n) is 3.40. The van der Waals surface area contributed by atoms with Crippen LogP contribution in [-0.4, -0.2) is 21.7 Å². The lowest BCUT2D eigenvalue weighted by Crippen LogP contribution is -2.27. The normalized spacial score (nSPS) is 14.7. The van der Waals surface area contributed by atoms with Crippen molar-refractivity contribution in [2.24, 2.45) is 0 Å². The van der Waals surface area contributed by atoms with Crippen LogP contribution in [0.5, 0.6) is 11.5 Å². The Kier molecular flexibility index (Phi) is 7.47. The van der Waals surface area contributed by atoms with E-state index in [0.717, 1.165) is 16.7 Å². The van der Waals surface area contributed by atoms with Gasteiger partial charge in [-0.2, -0.15) is 0 Å². The number of rotatable bonds is 8. The molecule has 1 aliphatic heterocycles. The van der Waals surface area contributed by atoms with Crippen LogP contribution in [0.1, 0.15) is 29.2 Å². The molecule has 0 atom stereocenters. The molecule has 1 heterocycles. The highest BCUT2D eigenvalue weighted by Crippen LogP contribution is 2.35. The van der Waals surface area contributed by atoms with E-state index in [1.54, 1.807) is 4.90 Å². The van der Waals surface area contributed by atoms with Gasteiger partial charge < -0.3 is 9.47 Å². The van der Waals surface area contributed by atoms with E-state index in [9.17, 15) is 4.79 Å². The second-order valence-corrected chi connectivity index (χ2v) is 9.34. The summed E-state index contributed by atoms with van der Waals surface area (Å²) in [5, 5.41) is 0. The molecule has 0 N–H and O–H groups in total. The average molecular weight is 476 g/mol. The van der Waals surface area contributed by atoms with Crippen molar-refractivity contribution in [1.29, 1.82) is 0 Å². The molecule has 0 radical (unpaired) electrons. The van der Waals surface area contributed by atoms with Gasteiger partial charge in [0, 0.05) is 0 Å². The van der Waals surface area contributed by atoms with Crippen LogP contribution < -0.4 is 9.47 Å². The molecule has 1 fully saturated rings. The summed E-state index contributed by atoms with van der Waals surface area (Å²) in [5.74, 6) is 1.25. The Hall–Kier alpha value is -3.09. The zero-order chi connectivity index (χ0) is 23.2. The van der Waals surface area contributed by atoms with Crippen LogP contribution in [0.4, 0.5) is 0 Å². The zero-order valence-corrected chi connectivity index (χ0v) is 20.2. The molecule has 4 rings (SSSR count). The quantitative estimate of drug-likeness (QED) is 0.279. The van der Waals surface area contributed by atoms with E-state index in [1.807, 2.05) is 92.7 Å². The van der Waals surface area contributed by atoms with Gasteiger partial charge in [0.2, 0.25) is 0 Å². The van der Waals surface area contributed by atoms with E-state index in [4.69, 9.17) is 21.7 Å². The van der Waals surface area contributed by atoms with Crippen LogP contribution in [-0.2, 0) is 17.9 Å². The first-order valence-electron chi connectivity index (χ1n) is 10.8. The molecule has 33 heavy (non-hydrogen) atoms. The first-order valence-corrected chi connectivity index (χ1v) is 12.0. The molecule has 6 heteroatoms. The lowest BCUT2D eigenvalue weighted by molar-refractivity contribution is -0.122. The van der Waals surface area contributed by atoms with Crippen LogP contribution >= 0.6 is 24.0 Å². The molecule has 0 bridgehead atoms. The van der Waals surface area contributed by atoms with E-state index in [2.05, 4.69) is 0 Å². The predicted molar refractivity (Wildman–Crippen MR) is 138 cm³/mol. The van der Waals surface area contributed by atoms with E-state index >= 15 is 0 Å². The first-order chi connectivity index (χ1) is 16.0. The second kappa shape index (κ2) is 10.7. The number of carbonyl (C=O) groups is 1. The molecule has 0 saturated carbocycles. The fourth-order valence-corrected chi connectivity index (χ4v) is 4.66. The third kappa shape index (κ3) is 5.83. The minimum absolute atomic E-state index is 0.0760. The Labute approximate surface area is 204 Å². The average Bonchev–Trinajstić information content (AvgIpc) is 3.08. The van der Waals surface area contributed by atoms with Crippen molar-refractivity contribution in [2.45, 2.75) is 27.0 Å². The standard InChI is InChI=1S/C27H25NO3S2/c1-3-30-24-15-22(13-14-23(24)31-18-21-7-5-4-6-8-21)16-25-26(29)28(27(32)33-25)17-20-11-9-19(2)10-12-20/h4-16H,3,17-18H2,1-2H3/b25-16-. The summed E-state index contributed by atoms with van der Waals surface area (Å²) in [5.41, 5.74) is 4.18. The van der Waals surface area contributed by atoms with Crippen molar-refractivity contribution in [1.82, 2.24) is 4.90 Å². The lowest BCUT2D eigenvalue weighted by Gasteiger charge is -2.14. The van der Waals surface area contributed by atoms with Crippen molar-refractivity contribution in [3.8, 4) is 11.5 Å². The second-order valence-electron chi connectivity index (χ2n) is 7.67. The molecule has 3 aromatic carbocycles. The minimum Gasteiger partial charge on any atom is -0.490 e. The number of aryl methyl sites for hydroxylation is 1. The summed E-state index contributed by atoms with van der Waals surface area (Å²) in [7, 11) is 0. The van der Waals surface area contributed by atoms with E-state index < -0.39 is 0 Å². The van der Waals surface area contributed by atoms with Gasteiger partial charge in [-0.1, -0.05) is 90.2 Å². The largest absolute Gasteiger partial charge is 0.490 e. The maximum atomic E-state index is 13.0. The minimum atomic E-state index is -0.0760. The molecule has 0 unspecified atom stereocenters. The number of hydrogen-bond donors (Lipinski definition) is 0. The first kappa shape index (κ1) is 23.1. The van der Waals surface area contributed by atoms with Crippen molar-refractivity contribution in [3.05, 3.63) is 100.0 Å². The summed E-state index contributed by atoms with van der Waals surface area (Å²) in [6.45, 7) is 5.42. The van der Waals surface area contributed by atoms with Crippen LogP contribution in [0.25, 0.3) is 6.08 Å². The number of hydrogen-bond acceptors (Lipinski definition) is 5. The highest BCUT2D eigenvalue weighted by atomic mass is 32.2. The van der Waals surface area contributed by atoms with Crippen molar-refractivity contribution < 1.29 is 14.3 Å². The SMILES string of the molecule is CCOc1cc(/C=C2\SC(=S)N(Cc3ccc(C)cc3)C2=O)ccc1OCc1ccccc1. The van der Waals surface area contributed by atoms with Crippen molar-refractivity contribution >= 4 is 40.3 Å². The van der Waals surface area contributed by atoms with E-state index in [1.165, 1.54) is 17.3 Å². The molecular formula is C27H25NO3S2. The zero-order valence-electron chi connectivity index (χ0n) is 18.6. The van der Waals surface area contributed by atoms with Crippen LogP contribution in [0.15, 0.2) is 77.7 Å². The molecule has 4 nitrogen and oxygen atoms in total. The van der Waals surface area contributed by atoms with Gasteiger partial charge in [0.05, 0.1) is 18.1 Å². The monoisotopic (exact) mass is 475 g/mol. The number of ether oxygens (including phenoxy) is 2. The topological polar surface area (TPSA) is 38.8 Å². The Morgan fingerprint density at radius 3 is 2.42 bits per heavy atom. The highest BCUT2D eigenvalue weighted by Gasteiger charge is 2.32. The van der Waals surface area contributed by atoms with Crippen molar-refractivity contribution in [3.63, 3.8) is 0 Å². The van der Waals surface area contributed by atoms with Gasteiger partial charge in [0.25, 0.3) is 5.91 Å². The highest BCUT2D eigenvalue weighted by molar-refractivity contribution is 8.26. The fraction of sp³-hybridized carbons (Fsp3) is 0.185. The smallest absolute Gasteiger partial charge is 0.266 e. The van der Waals surface area contributed by atoms with Crippen LogP contribution in [0.3, 0.4) is 0 Å². The maximum absolute atomic E-state index is 13.0. The molecule has 1 amide bonds. The Morgan fingerprint density at radius 1 is 0.939 bits per heavy atom. The predicted octanol–water partition coefficient (Wildman–Crippen LogP) is 6.37.